The molecule has 0 saturated carbocycles. The van der Waals surface area contributed by atoms with Gasteiger partial charge in [-0.3, -0.25) is 4.90 Å². The lowest BCUT2D eigenvalue weighted by Gasteiger charge is -2.34. The maximum Gasteiger partial charge on any atom is 0.238 e. The number of hydrogen-bond acceptors (Lipinski definition) is 4. The van der Waals surface area contributed by atoms with Gasteiger partial charge in [-0.05, 0) is 59.1 Å². The van der Waals surface area contributed by atoms with Crippen molar-refractivity contribution >= 4 is 31.6 Å². The summed E-state index contributed by atoms with van der Waals surface area (Å²) in [5.41, 5.74) is 2.21. The quantitative estimate of drug-likeness (QED) is 0.773. The highest BCUT2D eigenvalue weighted by molar-refractivity contribution is 9.10. The van der Waals surface area contributed by atoms with Crippen LogP contribution in [0.15, 0.2) is 57.9 Å². The van der Waals surface area contributed by atoms with Gasteiger partial charge in [0.2, 0.25) is 10.0 Å². The second-order valence-corrected chi connectivity index (χ2v) is 8.81. The standard InChI is InChI=1S/C18H22BrN3O2S/c19-17-11-16(25(20,23)24)8-9-18(17)21-15-7-4-10-22(13-15)12-14-5-2-1-3-6-14/h1-3,5-6,8-9,11,15,21H,4,7,10,12-13H2,(H2,20,23,24). The van der Waals surface area contributed by atoms with Gasteiger partial charge in [0.1, 0.15) is 0 Å². The van der Waals surface area contributed by atoms with Crippen LogP contribution in [0.1, 0.15) is 18.4 Å². The number of nitrogens with one attached hydrogen (secondary N) is 1. The van der Waals surface area contributed by atoms with Crippen LogP contribution in [0, 0.1) is 0 Å². The minimum atomic E-state index is -3.68. The molecule has 0 spiro atoms. The molecule has 1 aliphatic rings. The summed E-state index contributed by atoms with van der Waals surface area (Å²) >= 11 is 3.44. The van der Waals surface area contributed by atoms with E-state index in [-0.39, 0.29) is 4.90 Å². The van der Waals surface area contributed by atoms with Gasteiger partial charge in [0, 0.05) is 29.3 Å². The van der Waals surface area contributed by atoms with Crippen LogP contribution in [-0.2, 0) is 16.6 Å². The smallest absolute Gasteiger partial charge is 0.238 e. The molecule has 1 saturated heterocycles. The van der Waals surface area contributed by atoms with Crippen molar-refractivity contribution in [2.75, 3.05) is 18.4 Å². The Morgan fingerprint density at radius 1 is 1.20 bits per heavy atom. The van der Waals surface area contributed by atoms with Gasteiger partial charge in [-0.25, -0.2) is 13.6 Å². The van der Waals surface area contributed by atoms with Crippen molar-refractivity contribution in [3.05, 3.63) is 58.6 Å². The second-order valence-electron chi connectivity index (χ2n) is 6.39. The predicted molar refractivity (Wildman–Crippen MR) is 104 cm³/mol. The maximum absolute atomic E-state index is 11.4. The molecule has 0 bridgehead atoms. The number of likely N-dealkylation sites (tertiary alicyclic amines) is 1. The first-order valence-corrected chi connectivity index (χ1v) is 10.6. The Morgan fingerprint density at radius 3 is 2.64 bits per heavy atom. The fourth-order valence-corrected chi connectivity index (χ4v) is 4.35. The van der Waals surface area contributed by atoms with Crippen LogP contribution < -0.4 is 10.5 Å². The summed E-state index contributed by atoms with van der Waals surface area (Å²) < 4.78 is 23.6. The third-order valence-electron chi connectivity index (χ3n) is 4.38. The minimum Gasteiger partial charge on any atom is -0.380 e. The molecule has 1 atom stereocenters. The predicted octanol–water partition coefficient (Wildman–Crippen LogP) is 3.17. The van der Waals surface area contributed by atoms with E-state index in [0.29, 0.717) is 10.5 Å². The fraction of sp³-hybridized carbons (Fsp3) is 0.333. The van der Waals surface area contributed by atoms with Crippen LogP contribution in [0.4, 0.5) is 5.69 Å². The first kappa shape index (κ1) is 18.4. The SMILES string of the molecule is NS(=O)(=O)c1ccc(NC2CCCN(Cc3ccccc3)C2)c(Br)c1. The zero-order valence-electron chi connectivity index (χ0n) is 13.9. The van der Waals surface area contributed by atoms with E-state index >= 15 is 0 Å². The van der Waals surface area contributed by atoms with Crippen molar-refractivity contribution in [1.82, 2.24) is 4.90 Å². The molecule has 0 radical (unpaired) electrons. The molecular weight excluding hydrogens is 402 g/mol. The monoisotopic (exact) mass is 423 g/mol. The number of hydrogen-bond donors (Lipinski definition) is 2. The highest BCUT2D eigenvalue weighted by atomic mass is 79.9. The molecule has 0 amide bonds. The van der Waals surface area contributed by atoms with Gasteiger partial charge in [0.15, 0.2) is 0 Å². The van der Waals surface area contributed by atoms with Crippen LogP contribution in [0.3, 0.4) is 0 Å². The van der Waals surface area contributed by atoms with Gasteiger partial charge in [-0.1, -0.05) is 30.3 Å². The van der Waals surface area contributed by atoms with E-state index in [0.717, 1.165) is 38.2 Å². The topological polar surface area (TPSA) is 75.4 Å². The molecule has 1 fully saturated rings. The molecule has 7 heteroatoms. The molecule has 1 aliphatic heterocycles. The average molecular weight is 424 g/mol. The Hall–Kier alpha value is -1.41. The molecule has 134 valence electrons. The zero-order chi connectivity index (χ0) is 17.9. The molecule has 25 heavy (non-hydrogen) atoms. The molecule has 3 N–H and O–H groups in total. The summed E-state index contributed by atoms with van der Waals surface area (Å²) in [6.45, 7) is 3.00. The molecule has 0 aromatic heterocycles. The molecule has 1 unspecified atom stereocenters. The van der Waals surface area contributed by atoms with Gasteiger partial charge in [0.05, 0.1) is 4.90 Å². The van der Waals surface area contributed by atoms with E-state index in [1.54, 1.807) is 12.1 Å². The number of anilines is 1. The number of piperidine rings is 1. The fourth-order valence-electron chi connectivity index (χ4n) is 3.17. The summed E-state index contributed by atoms with van der Waals surface area (Å²) in [6.07, 6.45) is 2.23. The Morgan fingerprint density at radius 2 is 1.96 bits per heavy atom. The van der Waals surface area contributed by atoms with E-state index in [1.807, 2.05) is 6.07 Å². The maximum atomic E-state index is 11.4. The van der Waals surface area contributed by atoms with Crippen molar-refractivity contribution in [3.63, 3.8) is 0 Å². The van der Waals surface area contributed by atoms with Gasteiger partial charge in [0.25, 0.3) is 0 Å². The zero-order valence-corrected chi connectivity index (χ0v) is 16.3. The van der Waals surface area contributed by atoms with Crippen molar-refractivity contribution in [2.45, 2.75) is 30.3 Å². The van der Waals surface area contributed by atoms with Crippen LogP contribution in [-0.4, -0.2) is 32.4 Å². The van der Waals surface area contributed by atoms with E-state index in [4.69, 9.17) is 5.14 Å². The summed E-state index contributed by atoms with van der Waals surface area (Å²) in [5.74, 6) is 0. The molecule has 0 aliphatic carbocycles. The molecular formula is C18H22BrN3O2S. The first-order chi connectivity index (χ1) is 11.9. The van der Waals surface area contributed by atoms with Gasteiger partial charge in [-0.15, -0.1) is 0 Å². The largest absolute Gasteiger partial charge is 0.380 e. The average Bonchev–Trinajstić information content (AvgIpc) is 2.57. The van der Waals surface area contributed by atoms with Gasteiger partial charge in [-0.2, -0.15) is 0 Å². The first-order valence-electron chi connectivity index (χ1n) is 8.27. The summed E-state index contributed by atoms with van der Waals surface area (Å²) in [7, 11) is -3.68. The Balaban J connectivity index is 1.65. The molecule has 2 aromatic carbocycles. The number of primary sulfonamides is 1. The Kier molecular flexibility index (Phi) is 5.78. The number of nitrogens with zero attached hydrogens (tertiary/aromatic N) is 1. The molecule has 5 nitrogen and oxygen atoms in total. The highest BCUT2D eigenvalue weighted by Gasteiger charge is 2.21. The van der Waals surface area contributed by atoms with E-state index in [9.17, 15) is 8.42 Å². The second kappa shape index (κ2) is 7.86. The third-order valence-corrected chi connectivity index (χ3v) is 5.95. The molecule has 1 heterocycles. The van der Waals surface area contributed by atoms with E-state index < -0.39 is 10.0 Å². The summed E-state index contributed by atoms with van der Waals surface area (Å²) in [5, 5.41) is 8.70. The highest BCUT2D eigenvalue weighted by Crippen LogP contribution is 2.27. The number of nitrogens with two attached hydrogens (primary N) is 1. The van der Waals surface area contributed by atoms with Crippen molar-refractivity contribution in [1.29, 1.82) is 0 Å². The van der Waals surface area contributed by atoms with Crippen LogP contribution >= 0.6 is 15.9 Å². The van der Waals surface area contributed by atoms with Crippen molar-refractivity contribution < 1.29 is 8.42 Å². The summed E-state index contributed by atoms with van der Waals surface area (Å²) in [6, 6.07) is 15.6. The van der Waals surface area contributed by atoms with Crippen molar-refractivity contribution in [3.8, 4) is 0 Å². The van der Waals surface area contributed by atoms with E-state index in [1.165, 1.54) is 11.6 Å². The van der Waals surface area contributed by atoms with Crippen LogP contribution in [0.5, 0.6) is 0 Å². The lowest BCUT2D eigenvalue weighted by atomic mass is 10.0. The number of benzene rings is 2. The normalized spacial score (nSPS) is 18.9. The number of halogens is 1. The number of sulfonamides is 1. The van der Waals surface area contributed by atoms with Crippen LogP contribution in [0.2, 0.25) is 0 Å². The minimum absolute atomic E-state index is 0.110. The molecule has 2 aromatic rings. The lowest BCUT2D eigenvalue weighted by molar-refractivity contribution is 0.208. The Bertz CT molecular complexity index is 827. The van der Waals surface area contributed by atoms with Gasteiger partial charge >= 0.3 is 0 Å². The van der Waals surface area contributed by atoms with Crippen LogP contribution in [0.25, 0.3) is 0 Å². The van der Waals surface area contributed by atoms with Gasteiger partial charge < -0.3 is 5.32 Å². The third kappa shape index (κ3) is 5.04. The lowest BCUT2D eigenvalue weighted by Crippen LogP contribution is -2.41. The van der Waals surface area contributed by atoms with Crippen molar-refractivity contribution in [2.24, 2.45) is 5.14 Å². The van der Waals surface area contributed by atoms with E-state index in [2.05, 4.69) is 50.4 Å². The summed E-state index contributed by atoms with van der Waals surface area (Å²) in [4.78, 5) is 2.56. The number of rotatable bonds is 5. The Labute approximate surface area is 157 Å². The molecule has 3 rings (SSSR count).